The van der Waals surface area contributed by atoms with E-state index in [1.165, 1.54) is 0 Å². The minimum atomic E-state index is -0.109. The first-order valence-corrected chi connectivity index (χ1v) is 9.10. The smallest absolute Gasteiger partial charge is 0.253 e. The quantitative estimate of drug-likeness (QED) is 0.666. The fraction of sp³-hybridized carbons (Fsp3) is 0.273. The van der Waals surface area contributed by atoms with Gasteiger partial charge in [0, 0.05) is 32.6 Å². The van der Waals surface area contributed by atoms with Gasteiger partial charge in [-0.05, 0) is 42.3 Å². The number of hydrogen-bond donors (Lipinski definition) is 0. The van der Waals surface area contributed by atoms with Gasteiger partial charge in [0.2, 0.25) is 0 Å². The Labute approximate surface area is 164 Å². The topological polar surface area (TPSA) is 85.7 Å². The molecule has 0 saturated carbocycles. The Morgan fingerprint density at radius 1 is 1.14 bits per heavy atom. The Kier molecular flexibility index (Phi) is 5.72. The highest BCUT2D eigenvalue weighted by atomic mass is 16.2. The molecular formula is C22H21N5O. The molecule has 0 saturated heterocycles. The molecule has 3 rings (SSSR count). The number of hydrogen-bond acceptors (Lipinski definition) is 4. The zero-order chi connectivity index (χ0) is 20.1. The summed E-state index contributed by atoms with van der Waals surface area (Å²) in [6.07, 6.45) is 1.90. The molecule has 0 aliphatic carbocycles. The van der Waals surface area contributed by atoms with Gasteiger partial charge in [-0.15, -0.1) is 0 Å². The van der Waals surface area contributed by atoms with Gasteiger partial charge in [0.15, 0.2) is 0 Å². The summed E-state index contributed by atoms with van der Waals surface area (Å²) in [5.41, 5.74) is 4.15. The highest BCUT2D eigenvalue weighted by Crippen LogP contribution is 2.19. The minimum absolute atomic E-state index is 0.109. The summed E-state index contributed by atoms with van der Waals surface area (Å²) in [4.78, 5) is 18.8. The second kappa shape index (κ2) is 8.37. The lowest BCUT2D eigenvalue weighted by Crippen LogP contribution is -2.27. The van der Waals surface area contributed by atoms with E-state index in [1.54, 1.807) is 18.0 Å². The third kappa shape index (κ3) is 4.02. The molecule has 6 nitrogen and oxygen atoms in total. The lowest BCUT2D eigenvalue weighted by atomic mass is 10.1. The number of amides is 1. The zero-order valence-corrected chi connectivity index (χ0v) is 16.0. The summed E-state index contributed by atoms with van der Waals surface area (Å²) >= 11 is 0. The molecule has 0 bridgehead atoms. The van der Waals surface area contributed by atoms with Gasteiger partial charge in [-0.25, -0.2) is 4.98 Å². The Morgan fingerprint density at radius 3 is 2.57 bits per heavy atom. The molecule has 1 heterocycles. The number of aryl methyl sites for hydroxylation is 3. The van der Waals surface area contributed by atoms with E-state index in [9.17, 15) is 4.79 Å². The molecule has 1 amide bonds. The average molecular weight is 371 g/mol. The van der Waals surface area contributed by atoms with Crippen LogP contribution in [0.15, 0.2) is 42.5 Å². The van der Waals surface area contributed by atoms with Gasteiger partial charge >= 0.3 is 0 Å². The zero-order valence-electron chi connectivity index (χ0n) is 16.0. The van der Waals surface area contributed by atoms with Crippen molar-refractivity contribution < 1.29 is 4.79 Å². The lowest BCUT2D eigenvalue weighted by molar-refractivity contribution is 0.0798. The van der Waals surface area contributed by atoms with Crippen LogP contribution in [-0.2, 0) is 19.9 Å². The molecule has 0 atom stereocenters. The maximum absolute atomic E-state index is 12.5. The van der Waals surface area contributed by atoms with Crippen LogP contribution < -0.4 is 0 Å². The SMILES string of the molecule is CN(CCC#N)C(=O)c1ccc2c(c1)nc(CCc1ccc(C#N)cc1)n2C. The van der Waals surface area contributed by atoms with Crippen molar-refractivity contribution >= 4 is 16.9 Å². The third-order valence-electron chi connectivity index (χ3n) is 4.85. The van der Waals surface area contributed by atoms with E-state index in [0.717, 1.165) is 35.3 Å². The molecule has 0 spiro atoms. The predicted molar refractivity (Wildman–Crippen MR) is 106 cm³/mol. The van der Waals surface area contributed by atoms with Crippen LogP contribution in [0.2, 0.25) is 0 Å². The number of nitrogens with zero attached hydrogens (tertiary/aromatic N) is 5. The Hall–Kier alpha value is -3.64. The van der Waals surface area contributed by atoms with E-state index >= 15 is 0 Å². The Bertz CT molecular complexity index is 1080. The maximum Gasteiger partial charge on any atom is 0.253 e. The number of fused-ring (bicyclic) bond motifs is 1. The van der Waals surface area contributed by atoms with Crippen LogP contribution >= 0.6 is 0 Å². The molecule has 140 valence electrons. The van der Waals surface area contributed by atoms with E-state index in [0.29, 0.717) is 24.1 Å². The first-order chi connectivity index (χ1) is 13.5. The molecule has 0 radical (unpaired) electrons. The molecule has 3 aromatic rings. The normalized spacial score (nSPS) is 10.4. The summed E-state index contributed by atoms with van der Waals surface area (Å²) in [6, 6.07) is 17.3. The van der Waals surface area contributed by atoms with Crippen molar-refractivity contribution in [2.75, 3.05) is 13.6 Å². The van der Waals surface area contributed by atoms with Gasteiger partial charge < -0.3 is 9.47 Å². The fourth-order valence-electron chi connectivity index (χ4n) is 3.15. The number of carbonyl (C=O) groups is 1. The second-order valence-electron chi connectivity index (χ2n) is 6.73. The number of rotatable bonds is 6. The summed E-state index contributed by atoms with van der Waals surface area (Å²) in [7, 11) is 3.68. The monoisotopic (exact) mass is 371 g/mol. The van der Waals surface area contributed by atoms with E-state index in [4.69, 9.17) is 15.5 Å². The van der Waals surface area contributed by atoms with Gasteiger partial charge in [-0.3, -0.25) is 4.79 Å². The average Bonchev–Trinajstić information content (AvgIpc) is 3.05. The van der Waals surface area contributed by atoms with E-state index in [2.05, 4.69) is 12.1 Å². The van der Waals surface area contributed by atoms with Crippen molar-refractivity contribution in [2.24, 2.45) is 7.05 Å². The molecular weight excluding hydrogens is 350 g/mol. The van der Waals surface area contributed by atoms with Gasteiger partial charge in [0.1, 0.15) is 5.82 Å². The second-order valence-corrected chi connectivity index (χ2v) is 6.73. The minimum Gasteiger partial charge on any atom is -0.341 e. The van der Waals surface area contributed by atoms with Crippen molar-refractivity contribution in [1.29, 1.82) is 10.5 Å². The highest BCUT2D eigenvalue weighted by Gasteiger charge is 2.14. The molecule has 2 aromatic carbocycles. The molecule has 0 aliphatic rings. The Morgan fingerprint density at radius 2 is 1.89 bits per heavy atom. The van der Waals surface area contributed by atoms with E-state index in [-0.39, 0.29) is 5.91 Å². The molecule has 1 aromatic heterocycles. The van der Waals surface area contributed by atoms with Crippen molar-refractivity contribution in [3.63, 3.8) is 0 Å². The maximum atomic E-state index is 12.5. The van der Waals surface area contributed by atoms with Crippen molar-refractivity contribution in [1.82, 2.24) is 14.5 Å². The van der Waals surface area contributed by atoms with Crippen LogP contribution in [0.3, 0.4) is 0 Å². The summed E-state index contributed by atoms with van der Waals surface area (Å²) in [5.74, 6) is 0.837. The number of benzene rings is 2. The van der Waals surface area contributed by atoms with Crippen LogP contribution in [-0.4, -0.2) is 34.0 Å². The fourth-order valence-corrected chi connectivity index (χ4v) is 3.15. The number of imidazole rings is 1. The van der Waals surface area contributed by atoms with Crippen LogP contribution in [0, 0.1) is 22.7 Å². The number of carbonyl (C=O) groups excluding carboxylic acids is 1. The molecule has 28 heavy (non-hydrogen) atoms. The van der Waals surface area contributed by atoms with E-state index < -0.39 is 0 Å². The first kappa shape index (κ1) is 19.1. The molecule has 0 N–H and O–H groups in total. The number of nitriles is 2. The standard InChI is InChI=1S/C22H21N5O/c1-26(13-3-12-23)22(28)18-9-10-20-19(14-18)25-21(27(20)2)11-8-16-4-6-17(15-24)7-5-16/h4-7,9-10,14H,3,8,11,13H2,1-2H3. The van der Waals surface area contributed by atoms with Crippen LogP contribution in [0.5, 0.6) is 0 Å². The lowest BCUT2D eigenvalue weighted by Gasteiger charge is -2.15. The predicted octanol–water partition coefficient (Wildman–Crippen LogP) is 3.22. The van der Waals surface area contributed by atoms with Gasteiger partial charge in [0.05, 0.1) is 35.2 Å². The van der Waals surface area contributed by atoms with Crippen LogP contribution in [0.4, 0.5) is 0 Å². The van der Waals surface area contributed by atoms with Gasteiger partial charge in [0.25, 0.3) is 5.91 Å². The van der Waals surface area contributed by atoms with Crippen LogP contribution in [0.1, 0.15) is 33.7 Å². The van der Waals surface area contributed by atoms with E-state index in [1.807, 2.05) is 48.0 Å². The van der Waals surface area contributed by atoms with Crippen LogP contribution in [0.25, 0.3) is 11.0 Å². The molecule has 6 heteroatoms. The molecule has 0 fully saturated rings. The van der Waals surface area contributed by atoms with Gasteiger partial charge in [-0.2, -0.15) is 10.5 Å². The molecule has 0 unspecified atom stereocenters. The van der Waals surface area contributed by atoms with Crippen molar-refractivity contribution in [2.45, 2.75) is 19.3 Å². The largest absolute Gasteiger partial charge is 0.341 e. The van der Waals surface area contributed by atoms with Crippen molar-refractivity contribution in [3.05, 3.63) is 65.0 Å². The summed E-state index contributed by atoms with van der Waals surface area (Å²) < 4.78 is 2.05. The third-order valence-corrected chi connectivity index (χ3v) is 4.85. The Balaban J connectivity index is 1.77. The highest BCUT2D eigenvalue weighted by molar-refractivity contribution is 5.97. The first-order valence-electron chi connectivity index (χ1n) is 9.10. The number of aromatic nitrogens is 2. The van der Waals surface area contributed by atoms with Crippen molar-refractivity contribution in [3.8, 4) is 12.1 Å². The summed E-state index contributed by atoms with van der Waals surface area (Å²) in [5, 5.41) is 17.6. The van der Waals surface area contributed by atoms with Gasteiger partial charge in [-0.1, -0.05) is 12.1 Å². The summed E-state index contributed by atoms with van der Waals surface area (Å²) in [6.45, 7) is 0.408. The molecule has 0 aliphatic heterocycles.